The van der Waals surface area contributed by atoms with Gasteiger partial charge in [0, 0.05) is 12.2 Å². The number of halogens is 1. The molecule has 7 heteroatoms. The molecule has 0 aromatic heterocycles. The number of rotatable bonds is 5. The molecule has 0 atom stereocenters. The van der Waals surface area contributed by atoms with Crippen LogP contribution in [0, 0.1) is 5.82 Å². The van der Waals surface area contributed by atoms with Crippen molar-refractivity contribution in [3.63, 3.8) is 0 Å². The lowest BCUT2D eigenvalue weighted by molar-refractivity contribution is 0.0501. The van der Waals surface area contributed by atoms with Gasteiger partial charge in [0.05, 0.1) is 17.7 Å². The van der Waals surface area contributed by atoms with Crippen molar-refractivity contribution in [2.45, 2.75) is 26.4 Å². The maximum Gasteiger partial charge on any atom is 0.338 e. The van der Waals surface area contributed by atoms with Crippen molar-refractivity contribution in [2.24, 2.45) is 0 Å². The molecular formula is C14H19FN2O4. The van der Waals surface area contributed by atoms with Crippen molar-refractivity contribution in [2.75, 3.05) is 18.4 Å². The highest BCUT2D eigenvalue weighted by atomic mass is 19.1. The number of benzene rings is 1. The van der Waals surface area contributed by atoms with Crippen LogP contribution in [0.25, 0.3) is 0 Å². The Labute approximate surface area is 122 Å². The van der Waals surface area contributed by atoms with Crippen molar-refractivity contribution in [3.8, 4) is 0 Å². The first-order valence-electron chi connectivity index (χ1n) is 6.45. The molecule has 0 bridgehead atoms. The van der Waals surface area contributed by atoms with Crippen molar-refractivity contribution >= 4 is 17.7 Å². The molecule has 0 aliphatic carbocycles. The summed E-state index contributed by atoms with van der Waals surface area (Å²) in [5.74, 6) is -2.28. The van der Waals surface area contributed by atoms with Gasteiger partial charge in [0.1, 0.15) is 5.82 Å². The summed E-state index contributed by atoms with van der Waals surface area (Å²) < 4.78 is 13.3. The fourth-order valence-electron chi connectivity index (χ4n) is 1.76. The summed E-state index contributed by atoms with van der Waals surface area (Å²) in [6.07, 6.45) is 0. The topological polar surface area (TPSA) is 89.9 Å². The van der Waals surface area contributed by atoms with Crippen LogP contribution in [0.2, 0.25) is 0 Å². The standard InChI is InChI=1S/C14H19FN2O4/c1-4-17(8-14(2,3)21)13(20)16-9-5-6-11(15)10(7-9)12(18)19/h5-7,21H,4,8H2,1-3H3,(H,16,20)(H,18,19). The van der Waals surface area contributed by atoms with Crippen LogP contribution in [-0.4, -0.2) is 45.8 Å². The predicted octanol–water partition coefficient (Wildman–Crippen LogP) is 2.15. The van der Waals surface area contributed by atoms with Gasteiger partial charge in [-0.3, -0.25) is 0 Å². The highest BCUT2D eigenvalue weighted by molar-refractivity contribution is 5.93. The number of carboxylic acids is 1. The highest BCUT2D eigenvalue weighted by Crippen LogP contribution is 2.16. The minimum Gasteiger partial charge on any atom is -0.478 e. The number of aliphatic hydroxyl groups is 1. The van der Waals surface area contributed by atoms with E-state index in [1.54, 1.807) is 20.8 Å². The first-order chi connectivity index (χ1) is 9.64. The molecule has 0 saturated heterocycles. The number of carbonyl (C=O) groups is 2. The molecule has 0 spiro atoms. The minimum atomic E-state index is -1.41. The molecule has 1 rings (SSSR count). The van der Waals surface area contributed by atoms with Gasteiger partial charge < -0.3 is 20.4 Å². The third-order valence-electron chi connectivity index (χ3n) is 2.69. The van der Waals surface area contributed by atoms with Gasteiger partial charge >= 0.3 is 12.0 Å². The average Bonchev–Trinajstić information content (AvgIpc) is 2.36. The van der Waals surface area contributed by atoms with Gasteiger partial charge in [-0.25, -0.2) is 14.0 Å². The Hall–Kier alpha value is -2.15. The molecule has 0 fully saturated rings. The van der Waals surface area contributed by atoms with E-state index in [9.17, 15) is 19.1 Å². The molecule has 0 radical (unpaired) electrons. The van der Waals surface area contributed by atoms with Crippen molar-refractivity contribution < 1.29 is 24.2 Å². The largest absolute Gasteiger partial charge is 0.478 e. The van der Waals surface area contributed by atoms with Crippen LogP contribution in [0.4, 0.5) is 14.9 Å². The third-order valence-corrected chi connectivity index (χ3v) is 2.69. The predicted molar refractivity (Wildman–Crippen MR) is 75.9 cm³/mol. The number of urea groups is 1. The summed E-state index contributed by atoms with van der Waals surface area (Å²) in [7, 11) is 0. The van der Waals surface area contributed by atoms with E-state index in [4.69, 9.17) is 5.11 Å². The van der Waals surface area contributed by atoms with Crippen LogP contribution in [0.3, 0.4) is 0 Å². The van der Waals surface area contributed by atoms with E-state index in [-0.39, 0.29) is 12.2 Å². The smallest absolute Gasteiger partial charge is 0.338 e. The molecule has 6 nitrogen and oxygen atoms in total. The molecule has 0 saturated carbocycles. The van der Waals surface area contributed by atoms with Crippen molar-refractivity contribution in [3.05, 3.63) is 29.6 Å². The molecule has 116 valence electrons. The van der Waals surface area contributed by atoms with Crippen LogP contribution >= 0.6 is 0 Å². The molecule has 2 amide bonds. The van der Waals surface area contributed by atoms with Crippen molar-refractivity contribution in [1.29, 1.82) is 0 Å². The highest BCUT2D eigenvalue weighted by Gasteiger charge is 2.21. The number of hydrogen-bond acceptors (Lipinski definition) is 3. The maximum absolute atomic E-state index is 13.3. The molecule has 3 N–H and O–H groups in total. The Morgan fingerprint density at radius 1 is 1.38 bits per heavy atom. The molecule has 1 aromatic rings. The Balaban J connectivity index is 2.87. The average molecular weight is 298 g/mol. The minimum absolute atomic E-state index is 0.113. The zero-order chi connectivity index (χ0) is 16.2. The summed E-state index contributed by atoms with van der Waals surface area (Å²) >= 11 is 0. The molecule has 0 heterocycles. The van der Waals surface area contributed by atoms with E-state index in [0.29, 0.717) is 6.54 Å². The summed E-state index contributed by atoms with van der Waals surface area (Å²) in [6.45, 7) is 5.37. The van der Waals surface area contributed by atoms with E-state index < -0.39 is 29.0 Å². The van der Waals surface area contributed by atoms with E-state index in [1.165, 1.54) is 11.0 Å². The Morgan fingerprint density at radius 2 is 2.00 bits per heavy atom. The first-order valence-corrected chi connectivity index (χ1v) is 6.45. The van der Waals surface area contributed by atoms with E-state index in [1.807, 2.05) is 0 Å². The number of carboxylic acid groups (broad SMARTS) is 1. The summed E-state index contributed by atoms with van der Waals surface area (Å²) in [5, 5.41) is 21.1. The first kappa shape index (κ1) is 16.9. The van der Waals surface area contributed by atoms with Crippen LogP contribution < -0.4 is 5.32 Å². The van der Waals surface area contributed by atoms with E-state index in [0.717, 1.165) is 12.1 Å². The van der Waals surface area contributed by atoms with Gasteiger partial charge in [-0.2, -0.15) is 0 Å². The maximum atomic E-state index is 13.3. The zero-order valence-corrected chi connectivity index (χ0v) is 12.2. The van der Waals surface area contributed by atoms with Crippen molar-refractivity contribution in [1.82, 2.24) is 4.90 Å². The molecule has 0 aliphatic heterocycles. The fourth-order valence-corrected chi connectivity index (χ4v) is 1.76. The third kappa shape index (κ3) is 5.03. The normalized spacial score (nSPS) is 11.1. The summed E-state index contributed by atoms with van der Waals surface area (Å²) in [6, 6.07) is 2.80. The lowest BCUT2D eigenvalue weighted by atomic mass is 10.1. The number of aromatic carboxylic acids is 1. The van der Waals surface area contributed by atoms with Crippen LogP contribution in [0.1, 0.15) is 31.1 Å². The molecular weight excluding hydrogens is 279 g/mol. The molecule has 21 heavy (non-hydrogen) atoms. The number of hydrogen-bond donors (Lipinski definition) is 3. The number of carbonyl (C=O) groups excluding carboxylic acids is 1. The Kier molecular flexibility index (Phi) is 5.26. The number of amides is 2. The Bertz CT molecular complexity index is 540. The van der Waals surface area contributed by atoms with Gasteiger partial charge in [0.25, 0.3) is 0 Å². The Morgan fingerprint density at radius 3 is 2.48 bits per heavy atom. The zero-order valence-electron chi connectivity index (χ0n) is 12.2. The fraction of sp³-hybridized carbons (Fsp3) is 0.429. The molecule has 0 aliphatic rings. The summed E-state index contributed by atoms with van der Waals surface area (Å²) in [5.41, 5.74) is -1.39. The van der Waals surface area contributed by atoms with Crippen LogP contribution in [-0.2, 0) is 0 Å². The molecule has 0 unspecified atom stereocenters. The second kappa shape index (κ2) is 6.53. The van der Waals surface area contributed by atoms with Crippen LogP contribution in [0.5, 0.6) is 0 Å². The van der Waals surface area contributed by atoms with E-state index in [2.05, 4.69) is 5.32 Å². The monoisotopic (exact) mass is 298 g/mol. The van der Waals surface area contributed by atoms with Gasteiger partial charge in [0.15, 0.2) is 0 Å². The molecule has 1 aromatic carbocycles. The van der Waals surface area contributed by atoms with Gasteiger partial charge in [-0.05, 0) is 39.0 Å². The van der Waals surface area contributed by atoms with E-state index >= 15 is 0 Å². The van der Waals surface area contributed by atoms with Crippen LogP contribution in [0.15, 0.2) is 18.2 Å². The van der Waals surface area contributed by atoms with Gasteiger partial charge in [-0.1, -0.05) is 0 Å². The second-order valence-electron chi connectivity index (χ2n) is 5.26. The lowest BCUT2D eigenvalue weighted by Crippen LogP contribution is -2.44. The van der Waals surface area contributed by atoms with Gasteiger partial charge in [0.2, 0.25) is 0 Å². The summed E-state index contributed by atoms with van der Waals surface area (Å²) in [4.78, 5) is 24.3. The number of anilines is 1. The quantitative estimate of drug-likeness (QED) is 0.777. The second-order valence-corrected chi connectivity index (χ2v) is 5.26. The number of likely N-dealkylation sites (N-methyl/N-ethyl adjacent to an activating group) is 1. The number of nitrogens with one attached hydrogen (secondary N) is 1. The van der Waals surface area contributed by atoms with Gasteiger partial charge in [-0.15, -0.1) is 0 Å². The number of nitrogens with zero attached hydrogens (tertiary/aromatic N) is 1. The lowest BCUT2D eigenvalue weighted by Gasteiger charge is -2.28. The SMILES string of the molecule is CCN(CC(C)(C)O)C(=O)Nc1ccc(F)c(C(=O)O)c1.